The molecule has 0 bridgehead atoms. The number of likely N-dealkylation sites (tertiary alicyclic amines) is 1. The predicted octanol–water partition coefficient (Wildman–Crippen LogP) is 0.214. The Kier molecular flexibility index (Phi) is 10.8. The Morgan fingerprint density at radius 3 is 2.19 bits per heavy atom. The van der Waals surface area contributed by atoms with E-state index in [1.165, 1.54) is 21.3 Å². The van der Waals surface area contributed by atoms with Gasteiger partial charge in [-0.05, 0) is 12.8 Å². The minimum atomic E-state index is -1.82. The van der Waals surface area contributed by atoms with Crippen molar-refractivity contribution in [2.24, 2.45) is 0 Å². The van der Waals surface area contributed by atoms with Gasteiger partial charge in [0.25, 0.3) is 0 Å². The summed E-state index contributed by atoms with van der Waals surface area (Å²) >= 11 is 0. The molecule has 2 aliphatic heterocycles. The van der Waals surface area contributed by atoms with Crippen LogP contribution in [-0.4, -0.2) is 111 Å². The standard InChI is InChI=1S/C21H29N5O5.C2H2O4/c1-29-17-11-16(12-18(30-2)20(17)31-3)26-10-9-24(21(26)28)8-6-23-14-19(27)25-7-4-5-15(25)13-22;3-1(4)2(5)6/h11-12,15,23H,4-10,14H2,1-3H3;(H,3,4)(H,5,6)/t15-;/m1./s1. The molecule has 3 amide bonds. The van der Waals surface area contributed by atoms with Gasteiger partial charge in [-0.2, -0.15) is 5.26 Å². The van der Waals surface area contributed by atoms with Crippen LogP contribution in [0.1, 0.15) is 12.8 Å². The van der Waals surface area contributed by atoms with Gasteiger partial charge in [-0.1, -0.05) is 0 Å². The van der Waals surface area contributed by atoms with Crippen molar-refractivity contribution in [3.8, 4) is 23.3 Å². The highest BCUT2D eigenvalue weighted by Gasteiger charge is 2.31. The number of ether oxygens (including phenoxy) is 3. The molecule has 14 heteroatoms. The zero-order valence-electron chi connectivity index (χ0n) is 20.9. The quantitative estimate of drug-likeness (QED) is 0.298. The average molecular weight is 522 g/mol. The van der Waals surface area contributed by atoms with Crippen LogP contribution in [0.25, 0.3) is 0 Å². The van der Waals surface area contributed by atoms with E-state index >= 15 is 0 Å². The maximum Gasteiger partial charge on any atom is 0.414 e. The summed E-state index contributed by atoms with van der Waals surface area (Å²) in [4.78, 5) is 48.4. The first-order valence-electron chi connectivity index (χ1n) is 11.4. The Balaban J connectivity index is 0.000000717. The first-order chi connectivity index (χ1) is 17.7. The van der Waals surface area contributed by atoms with Crippen LogP contribution in [0.3, 0.4) is 0 Å². The average Bonchev–Trinajstić information content (AvgIpc) is 3.52. The summed E-state index contributed by atoms with van der Waals surface area (Å²) in [6, 6.07) is 5.24. The fraction of sp³-hybridized carbons (Fsp3) is 0.522. The first kappa shape index (κ1) is 29.0. The summed E-state index contributed by atoms with van der Waals surface area (Å²) in [7, 11) is 4.60. The largest absolute Gasteiger partial charge is 0.493 e. The van der Waals surface area contributed by atoms with E-state index in [0.29, 0.717) is 55.7 Å². The number of carboxylic acid groups (broad SMARTS) is 2. The van der Waals surface area contributed by atoms with E-state index in [1.807, 2.05) is 0 Å². The topological polar surface area (TPSA) is 182 Å². The molecule has 0 unspecified atom stereocenters. The van der Waals surface area contributed by atoms with Gasteiger partial charge < -0.3 is 39.5 Å². The molecule has 2 heterocycles. The number of nitrogens with one attached hydrogen (secondary N) is 1. The van der Waals surface area contributed by atoms with Crippen molar-refractivity contribution in [3.63, 3.8) is 0 Å². The number of nitriles is 1. The number of anilines is 1. The molecule has 2 fully saturated rings. The van der Waals surface area contributed by atoms with Gasteiger partial charge in [0, 0.05) is 44.9 Å². The van der Waals surface area contributed by atoms with Gasteiger partial charge in [0.1, 0.15) is 6.04 Å². The van der Waals surface area contributed by atoms with Gasteiger partial charge in [-0.15, -0.1) is 0 Å². The molecule has 0 aliphatic carbocycles. The van der Waals surface area contributed by atoms with E-state index in [-0.39, 0.29) is 24.5 Å². The fourth-order valence-corrected chi connectivity index (χ4v) is 3.96. The molecule has 37 heavy (non-hydrogen) atoms. The second-order valence-corrected chi connectivity index (χ2v) is 7.97. The zero-order chi connectivity index (χ0) is 27.5. The van der Waals surface area contributed by atoms with Gasteiger partial charge in [-0.25, -0.2) is 14.4 Å². The molecule has 1 atom stereocenters. The molecule has 0 radical (unpaired) electrons. The molecule has 0 aromatic heterocycles. The number of carboxylic acids is 2. The fourth-order valence-electron chi connectivity index (χ4n) is 3.96. The number of hydrogen-bond donors (Lipinski definition) is 3. The zero-order valence-corrected chi connectivity index (χ0v) is 20.9. The maximum absolute atomic E-state index is 12.9. The van der Waals surface area contributed by atoms with E-state index in [1.54, 1.807) is 26.8 Å². The van der Waals surface area contributed by atoms with Gasteiger partial charge in [-0.3, -0.25) is 9.69 Å². The molecule has 1 aromatic carbocycles. The number of amides is 3. The summed E-state index contributed by atoms with van der Waals surface area (Å²) in [6.45, 7) is 2.88. The molecular weight excluding hydrogens is 490 g/mol. The number of methoxy groups -OCH3 is 3. The van der Waals surface area contributed by atoms with Crippen LogP contribution in [-0.2, 0) is 14.4 Å². The number of carbonyl (C=O) groups excluding carboxylic acids is 2. The van der Waals surface area contributed by atoms with E-state index in [4.69, 9.17) is 39.3 Å². The maximum atomic E-state index is 12.9. The lowest BCUT2D eigenvalue weighted by molar-refractivity contribution is -0.159. The highest BCUT2D eigenvalue weighted by molar-refractivity contribution is 6.27. The Hall–Kier alpha value is -4.25. The molecule has 2 saturated heterocycles. The highest BCUT2D eigenvalue weighted by atomic mass is 16.5. The monoisotopic (exact) mass is 521 g/mol. The smallest absolute Gasteiger partial charge is 0.414 e. The molecule has 0 saturated carbocycles. The summed E-state index contributed by atoms with van der Waals surface area (Å²) < 4.78 is 16.1. The van der Waals surface area contributed by atoms with Crippen molar-refractivity contribution >= 4 is 29.6 Å². The number of aliphatic carboxylic acids is 2. The number of nitrogens with zero attached hydrogens (tertiary/aromatic N) is 4. The SMILES string of the molecule is COc1cc(N2CCN(CCNCC(=O)N3CCC[C@@H]3C#N)C2=O)cc(OC)c1OC.O=C(O)C(=O)O. The Morgan fingerprint density at radius 2 is 1.68 bits per heavy atom. The van der Waals surface area contributed by atoms with Crippen LogP contribution in [0.5, 0.6) is 17.2 Å². The molecule has 2 aliphatic rings. The molecular formula is C23H31N5O9. The van der Waals surface area contributed by atoms with E-state index < -0.39 is 11.9 Å². The van der Waals surface area contributed by atoms with Crippen LogP contribution in [0.2, 0.25) is 0 Å². The molecule has 3 rings (SSSR count). The molecule has 202 valence electrons. The van der Waals surface area contributed by atoms with E-state index in [2.05, 4.69) is 11.4 Å². The van der Waals surface area contributed by atoms with Gasteiger partial charge in [0.15, 0.2) is 11.5 Å². The van der Waals surface area contributed by atoms with Crippen LogP contribution in [0.15, 0.2) is 12.1 Å². The van der Waals surface area contributed by atoms with E-state index in [0.717, 1.165) is 12.8 Å². The van der Waals surface area contributed by atoms with Crippen molar-refractivity contribution in [1.82, 2.24) is 15.1 Å². The van der Waals surface area contributed by atoms with Gasteiger partial charge in [0.05, 0.1) is 39.6 Å². The number of urea groups is 1. The van der Waals surface area contributed by atoms with Gasteiger partial charge >= 0.3 is 18.0 Å². The minimum Gasteiger partial charge on any atom is -0.493 e. The number of carbonyl (C=O) groups is 4. The highest BCUT2D eigenvalue weighted by Crippen LogP contribution is 2.41. The first-order valence-corrected chi connectivity index (χ1v) is 11.4. The molecule has 14 nitrogen and oxygen atoms in total. The summed E-state index contributed by atoms with van der Waals surface area (Å²) in [5.74, 6) is -2.27. The lowest BCUT2D eigenvalue weighted by Crippen LogP contribution is -2.43. The van der Waals surface area contributed by atoms with Crippen LogP contribution in [0.4, 0.5) is 10.5 Å². The Bertz CT molecular complexity index is 1000. The van der Waals surface area contributed by atoms with Crippen molar-refractivity contribution < 1.29 is 43.6 Å². The summed E-state index contributed by atoms with van der Waals surface area (Å²) in [6.07, 6.45) is 1.60. The van der Waals surface area contributed by atoms with Crippen LogP contribution < -0.4 is 24.4 Å². The summed E-state index contributed by atoms with van der Waals surface area (Å²) in [5.41, 5.74) is 0.668. The molecule has 3 N–H and O–H groups in total. The number of benzene rings is 1. The van der Waals surface area contributed by atoms with Crippen molar-refractivity contribution in [3.05, 3.63) is 12.1 Å². The van der Waals surface area contributed by atoms with Crippen LogP contribution in [0, 0.1) is 11.3 Å². The Labute approximate surface area is 213 Å². The van der Waals surface area contributed by atoms with Crippen molar-refractivity contribution in [2.45, 2.75) is 18.9 Å². The Morgan fingerprint density at radius 1 is 1.05 bits per heavy atom. The van der Waals surface area contributed by atoms with E-state index in [9.17, 15) is 9.59 Å². The second-order valence-electron chi connectivity index (χ2n) is 7.97. The number of rotatable bonds is 9. The van der Waals surface area contributed by atoms with Crippen molar-refractivity contribution in [2.75, 3.05) is 65.5 Å². The lowest BCUT2D eigenvalue weighted by Gasteiger charge is -2.22. The third-order valence-corrected chi connectivity index (χ3v) is 5.80. The normalized spacial score (nSPS) is 16.5. The third kappa shape index (κ3) is 7.37. The molecule has 0 spiro atoms. The van der Waals surface area contributed by atoms with Crippen molar-refractivity contribution in [1.29, 1.82) is 5.26 Å². The summed E-state index contributed by atoms with van der Waals surface area (Å²) in [5, 5.41) is 27.0. The number of hydrogen-bond acceptors (Lipinski definition) is 9. The lowest BCUT2D eigenvalue weighted by atomic mass is 10.2. The van der Waals surface area contributed by atoms with Gasteiger partial charge in [0.2, 0.25) is 11.7 Å². The minimum absolute atomic E-state index is 0.0733. The predicted molar refractivity (Wildman–Crippen MR) is 129 cm³/mol. The third-order valence-electron chi connectivity index (χ3n) is 5.80. The van der Waals surface area contributed by atoms with Crippen LogP contribution >= 0.6 is 0 Å². The second kappa shape index (κ2) is 13.7. The molecule has 1 aromatic rings.